The molecule has 1 aliphatic carbocycles. The molecule has 1 saturated heterocycles. The van der Waals surface area contributed by atoms with Crippen molar-refractivity contribution in [2.45, 2.75) is 31.3 Å². The average Bonchev–Trinajstić information content (AvgIpc) is 3.10. The zero-order valence-corrected chi connectivity index (χ0v) is 12.3. The number of nitrogens with zero attached hydrogens (tertiary/aromatic N) is 3. The van der Waals surface area contributed by atoms with Crippen LogP contribution < -0.4 is 11.1 Å². The molecule has 7 nitrogen and oxygen atoms in total. The van der Waals surface area contributed by atoms with Gasteiger partial charge in [-0.3, -0.25) is 4.79 Å². The third kappa shape index (κ3) is 2.00. The summed E-state index contributed by atoms with van der Waals surface area (Å²) in [7, 11) is 0. The van der Waals surface area contributed by atoms with Gasteiger partial charge in [-0.2, -0.15) is 5.10 Å². The summed E-state index contributed by atoms with van der Waals surface area (Å²) in [6.45, 7) is 0.927. The SMILES string of the molecule is NCC12CCCC(C(=O)Nc3cnc4ccnn4c3)(CO1)C2. The molecule has 0 spiro atoms. The number of aromatic nitrogens is 3. The van der Waals surface area contributed by atoms with E-state index in [1.807, 2.05) is 6.07 Å². The highest BCUT2D eigenvalue weighted by molar-refractivity contribution is 5.95. The van der Waals surface area contributed by atoms with Gasteiger partial charge in [0.25, 0.3) is 0 Å². The van der Waals surface area contributed by atoms with Crippen LogP contribution in [0.2, 0.25) is 0 Å². The number of nitrogens with two attached hydrogens (primary N) is 1. The minimum Gasteiger partial charge on any atom is -0.373 e. The first-order valence-corrected chi connectivity index (χ1v) is 7.60. The Morgan fingerprint density at radius 1 is 1.50 bits per heavy atom. The fourth-order valence-electron chi connectivity index (χ4n) is 3.71. The van der Waals surface area contributed by atoms with Crippen LogP contribution in [0.1, 0.15) is 25.7 Å². The molecule has 0 radical (unpaired) electrons. The summed E-state index contributed by atoms with van der Waals surface area (Å²) >= 11 is 0. The van der Waals surface area contributed by atoms with Crippen molar-refractivity contribution < 1.29 is 9.53 Å². The molecular formula is C15H19N5O2. The van der Waals surface area contributed by atoms with Crippen molar-refractivity contribution in [3.63, 3.8) is 0 Å². The molecule has 3 heterocycles. The van der Waals surface area contributed by atoms with Gasteiger partial charge in [-0.1, -0.05) is 0 Å². The van der Waals surface area contributed by atoms with Crippen LogP contribution in [0, 0.1) is 5.41 Å². The number of carbonyl (C=O) groups is 1. The van der Waals surface area contributed by atoms with Gasteiger partial charge in [0.2, 0.25) is 5.91 Å². The molecule has 1 aliphatic heterocycles. The Morgan fingerprint density at radius 3 is 3.27 bits per heavy atom. The molecule has 0 aromatic carbocycles. The lowest BCUT2D eigenvalue weighted by Gasteiger charge is -2.35. The molecule has 2 aliphatic rings. The second-order valence-corrected chi connectivity index (χ2v) is 6.42. The zero-order chi connectivity index (χ0) is 15.2. The number of nitrogens with one attached hydrogen (secondary N) is 1. The fraction of sp³-hybridized carbons (Fsp3) is 0.533. The van der Waals surface area contributed by atoms with E-state index in [2.05, 4.69) is 15.4 Å². The van der Waals surface area contributed by atoms with Gasteiger partial charge in [-0.05, 0) is 25.7 Å². The predicted molar refractivity (Wildman–Crippen MR) is 80.3 cm³/mol. The molecule has 2 bridgehead atoms. The molecule has 2 aromatic heterocycles. The van der Waals surface area contributed by atoms with E-state index in [4.69, 9.17) is 10.5 Å². The number of hydrogen-bond acceptors (Lipinski definition) is 5. The fourth-order valence-corrected chi connectivity index (χ4v) is 3.71. The minimum absolute atomic E-state index is 0.00386. The first-order chi connectivity index (χ1) is 10.6. The molecular weight excluding hydrogens is 282 g/mol. The Morgan fingerprint density at radius 2 is 2.41 bits per heavy atom. The number of anilines is 1. The van der Waals surface area contributed by atoms with Gasteiger partial charge in [0.15, 0.2) is 5.65 Å². The first kappa shape index (κ1) is 13.7. The molecule has 1 saturated carbocycles. The van der Waals surface area contributed by atoms with Crippen LogP contribution in [0.25, 0.3) is 5.65 Å². The molecule has 2 unspecified atom stereocenters. The van der Waals surface area contributed by atoms with Crippen LogP contribution in [0.3, 0.4) is 0 Å². The van der Waals surface area contributed by atoms with Crippen LogP contribution >= 0.6 is 0 Å². The van der Waals surface area contributed by atoms with Crippen LogP contribution in [-0.4, -0.2) is 39.3 Å². The molecule has 3 N–H and O–H groups in total. The van der Waals surface area contributed by atoms with Crippen molar-refractivity contribution in [1.29, 1.82) is 0 Å². The molecule has 2 atom stereocenters. The van der Waals surface area contributed by atoms with Gasteiger partial charge in [-0.15, -0.1) is 0 Å². The Labute approximate surface area is 127 Å². The second-order valence-electron chi connectivity index (χ2n) is 6.42. The maximum absolute atomic E-state index is 12.8. The van der Waals surface area contributed by atoms with E-state index in [0.717, 1.165) is 24.9 Å². The maximum Gasteiger partial charge on any atom is 0.233 e. The smallest absolute Gasteiger partial charge is 0.233 e. The number of amides is 1. The molecule has 2 aromatic rings. The van der Waals surface area contributed by atoms with Crippen LogP contribution in [0.15, 0.2) is 24.7 Å². The number of hydrogen-bond donors (Lipinski definition) is 2. The second kappa shape index (κ2) is 4.76. The lowest BCUT2D eigenvalue weighted by molar-refractivity contribution is -0.126. The van der Waals surface area contributed by atoms with E-state index in [1.54, 1.807) is 23.1 Å². The summed E-state index contributed by atoms with van der Waals surface area (Å²) in [4.78, 5) is 17.1. The van der Waals surface area contributed by atoms with Crippen LogP contribution in [-0.2, 0) is 9.53 Å². The largest absolute Gasteiger partial charge is 0.373 e. The Bertz CT molecular complexity index is 730. The first-order valence-electron chi connectivity index (χ1n) is 7.60. The minimum atomic E-state index is -0.462. The molecule has 7 heteroatoms. The summed E-state index contributed by atoms with van der Waals surface area (Å²) < 4.78 is 7.56. The summed E-state index contributed by atoms with van der Waals surface area (Å²) in [6, 6.07) is 1.81. The average molecular weight is 301 g/mol. The van der Waals surface area contributed by atoms with Gasteiger partial charge in [0, 0.05) is 12.6 Å². The molecule has 22 heavy (non-hydrogen) atoms. The van der Waals surface area contributed by atoms with E-state index >= 15 is 0 Å². The van der Waals surface area contributed by atoms with E-state index in [0.29, 0.717) is 25.3 Å². The van der Waals surface area contributed by atoms with Crippen molar-refractivity contribution in [2.75, 3.05) is 18.5 Å². The standard InChI is InChI=1S/C15H19N5O2/c16-9-15-4-1-3-14(8-15,10-22-15)13(21)19-11-6-17-12-2-5-18-20(12)7-11/h2,5-7H,1,3-4,8-10,16H2,(H,19,21). The topological polar surface area (TPSA) is 94.5 Å². The third-order valence-electron chi connectivity index (χ3n) is 4.96. The lowest BCUT2D eigenvalue weighted by Crippen LogP contribution is -2.44. The van der Waals surface area contributed by atoms with Crippen molar-refractivity contribution in [1.82, 2.24) is 14.6 Å². The van der Waals surface area contributed by atoms with Crippen molar-refractivity contribution >= 4 is 17.2 Å². The van der Waals surface area contributed by atoms with E-state index in [9.17, 15) is 4.79 Å². The summed E-state index contributed by atoms with van der Waals surface area (Å²) in [6.07, 6.45) is 8.57. The lowest BCUT2D eigenvalue weighted by atomic mass is 9.70. The number of carbonyl (C=O) groups excluding carboxylic acids is 1. The van der Waals surface area contributed by atoms with Crippen molar-refractivity contribution in [3.05, 3.63) is 24.7 Å². The number of fused-ring (bicyclic) bond motifs is 3. The monoisotopic (exact) mass is 301 g/mol. The summed E-state index contributed by atoms with van der Waals surface area (Å²) in [5.74, 6) is -0.00386. The summed E-state index contributed by atoms with van der Waals surface area (Å²) in [5.41, 5.74) is 6.49. The number of rotatable bonds is 3. The molecule has 2 fully saturated rings. The van der Waals surface area contributed by atoms with Gasteiger partial charge >= 0.3 is 0 Å². The van der Waals surface area contributed by atoms with Gasteiger partial charge in [0.05, 0.1) is 41.9 Å². The predicted octanol–water partition coefficient (Wildman–Crippen LogP) is 0.956. The molecule has 4 rings (SSSR count). The highest BCUT2D eigenvalue weighted by Crippen LogP contribution is 2.50. The highest BCUT2D eigenvalue weighted by atomic mass is 16.5. The van der Waals surface area contributed by atoms with Crippen molar-refractivity contribution in [3.8, 4) is 0 Å². The quantitative estimate of drug-likeness (QED) is 0.880. The molecule has 116 valence electrons. The molecule has 1 amide bonds. The normalized spacial score (nSPS) is 30.6. The van der Waals surface area contributed by atoms with Crippen LogP contribution in [0.4, 0.5) is 5.69 Å². The van der Waals surface area contributed by atoms with E-state index in [-0.39, 0.29) is 11.5 Å². The van der Waals surface area contributed by atoms with E-state index < -0.39 is 5.41 Å². The Hall–Kier alpha value is -1.99. The van der Waals surface area contributed by atoms with Crippen LogP contribution in [0.5, 0.6) is 0 Å². The third-order valence-corrected chi connectivity index (χ3v) is 4.96. The van der Waals surface area contributed by atoms with E-state index in [1.165, 1.54) is 0 Å². The van der Waals surface area contributed by atoms with Gasteiger partial charge < -0.3 is 15.8 Å². The maximum atomic E-state index is 12.8. The highest BCUT2D eigenvalue weighted by Gasteiger charge is 2.55. The zero-order valence-electron chi connectivity index (χ0n) is 12.3. The Kier molecular flexibility index (Phi) is 2.95. The number of ether oxygens (including phenoxy) is 1. The van der Waals surface area contributed by atoms with Gasteiger partial charge in [0.1, 0.15) is 0 Å². The van der Waals surface area contributed by atoms with Crippen molar-refractivity contribution in [2.24, 2.45) is 11.1 Å². The summed E-state index contributed by atoms with van der Waals surface area (Å²) in [5, 5.41) is 7.10. The van der Waals surface area contributed by atoms with Gasteiger partial charge in [-0.25, -0.2) is 9.50 Å². The Balaban J connectivity index is 1.56.